The maximum atomic E-state index is 12.2. The fraction of sp³-hybridized carbons (Fsp3) is 0.304. The lowest BCUT2D eigenvalue weighted by Crippen LogP contribution is -2.35. The number of aliphatic hydroxyl groups is 1. The molecule has 0 aromatic carbocycles. The molecule has 4 heterocycles. The number of carbonyl (C=O) groups excluding carboxylic acids is 1. The standard InChI is InChI=1S/C23H23N7O4/c1-13(11-31)25-22(32)15-7-8-16(24-10-15)12-33-23-18-6-4-3-5-17(18)20-26-27-21(30(20)28-23)19-9-14(2)34-29-19/h3-4,6-10,13,17,31H,5,11-12H2,1-2H3,(H,25,32)/t13-,17?/m1/s1. The monoisotopic (exact) mass is 461 g/mol. The second kappa shape index (κ2) is 9.02. The van der Waals surface area contributed by atoms with Gasteiger partial charge in [-0.1, -0.05) is 23.4 Å². The quantitative estimate of drug-likeness (QED) is 0.569. The molecule has 34 heavy (non-hydrogen) atoms. The van der Waals surface area contributed by atoms with Crippen LogP contribution in [0.5, 0.6) is 0 Å². The smallest absolute Gasteiger partial charge is 0.253 e. The van der Waals surface area contributed by atoms with Crippen molar-refractivity contribution in [2.75, 3.05) is 6.61 Å². The van der Waals surface area contributed by atoms with Crippen molar-refractivity contribution < 1.29 is 19.2 Å². The number of nitrogens with zero attached hydrogens (tertiary/aromatic N) is 6. The number of amides is 1. The maximum absolute atomic E-state index is 12.2. The number of aliphatic hydroxyl groups excluding tert-OH is 1. The van der Waals surface area contributed by atoms with Gasteiger partial charge < -0.3 is 19.7 Å². The molecular weight excluding hydrogens is 438 g/mol. The molecule has 0 saturated heterocycles. The SMILES string of the molecule is Cc1cc(-c2nnc3n2N=C(OCc2ccc(C(=O)N[C@H](C)CO)cn2)C2=CC=CCC23)no1. The van der Waals surface area contributed by atoms with Crippen LogP contribution >= 0.6 is 0 Å². The number of allylic oxidation sites excluding steroid dienone is 3. The second-order valence-corrected chi connectivity index (χ2v) is 8.14. The number of nitrogens with one attached hydrogen (secondary N) is 1. The summed E-state index contributed by atoms with van der Waals surface area (Å²) in [7, 11) is 0. The summed E-state index contributed by atoms with van der Waals surface area (Å²) in [6, 6.07) is 4.84. The number of ether oxygens (including phenoxy) is 1. The summed E-state index contributed by atoms with van der Waals surface area (Å²) in [5.74, 6) is 1.97. The third kappa shape index (κ3) is 4.13. The van der Waals surface area contributed by atoms with E-state index in [1.165, 1.54) is 6.20 Å². The van der Waals surface area contributed by atoms with Gasteiger partial charge in [0.2, 0.25) is 11.7 Å². The highest BCUT2D eigenvalue weighted by molar-refractivity contribution is 5.96. The molecule has 0 spiro atoms. The van der Waals surface area contributed by atoms with Gasteiger partial charge in [-0.3, -0.25) is 9.78 Å². The van der Waals surface area contributed by atoms with E-state index in [4.69, 9.17) is 14.4 Å². The normalized spacial score (nSPS) is 17.3. The molecule has 2 aliphatic rings. The molecule has 11 nitrogen and oxygen atoms in total. The first-order chi connectivity index (χ1) is 16.5. The molecular formula is C23H23N7O4. The molecule has 11 heteroatoms. The van der Waals surface area contributed by atoms with E-state index in [1.807, 2.05) is 19.1 Å². The minimum absolute atomic E-state index is 0.0423. The van der Waals surface area contributed by atoms with E-state index < -0.39 is 0 Å². The van der Waals surface area contributed by atoms with E-state index in [1.54, 1.807) is 29.8 Å². The molecule has 3 aromatic rings. The van der Waals surface area contributed by atoms with Gasteiger partial charge in [0.15, 0.2) is 11.5 Å². The average molecular weight is 461 g/mol. The van der Waals surface area contributed by atoms with Crippen LogP contribution in [0.25, 0.3) is 11.5 Å². The Morgan fingerprint density at radius 1 is 1.38 bits per heavy atom. The van der Waals surface area contributed by atoms with Crippen molar-refractivity contribution in [2.24, 2.45) is 5.10 Å². The van der Waals surface area contributed by atoms with Crippen molar-refractivity contribution >= 4 is 11.8 Å². The van der Waals surface area contributed by atoms with Gasteiger partial charge in [0.05, 0.1) is 23.8 Å². The molecule has 0 radical (unpaired) electrons. The number of pyridine rings is 1. The summed E-state index contributed by atoms with van der Waals surface area (Å²) in [5, 5.41) is 29.1. The van der Waals surface area contributed by atoms with Gasteiger partial charge in [0.25, 0.3) is 5.91 Å². The predicted octanol–water partition coefficient (Wildman–Crippen LogP) is 2.11. The van der Waals surface area contributed by atoms with Gasteiger partial charge in [-0.05, 0) is 32.4 Å². The topological polar surface area (TPSA) is 141 Å². The van der Waals surface area contributed by atoms with E-state index >= 15 is 0 Å². The zero-order chi connectivity index (χ0) is 23.7. The van der Waals surface area contributed by atoms with Crippen molar-refractivity contribution in [3.8, 4) is 11.5 Å². The van der Waals surface area contributed by atoms with E-state index in [-0.39, 0.29) is 31.1 Å². The number of aryl methyl sites for hydroxylation is 1. The van der Waals surface area contributed by atoms with E-state index in [0.717, 1.165) is 12.0 Å². The number of rotatable bonds is 6. The van der Waals surface area contributed by atoms with Crippen LogP contribution in [0, 0.1) is 6.92 Å². The Hall–Kier alpha value is -4.12. The Balaban J connectivity index is 1.37. The van der Waals surface area contributed by atoms with Crippen LogP contribution in [0.2, 0.25) is 0 Å². The molecule has 3 aromatic heterocycles. The molecule has 174 valence electrons. The highest BCUT2D eigenvalue weighted by Gasteiger charge is 2.34. The summed E-state index contributed by atoms with van der Waals surface area (Å²) in [4.78, 5) is 16.5. The number of hydrogen-bond donors (Lipinski definition) is 2. The van der Waals surface area contributed by atoms with Crippen molar-refractivity contribution in [1.82, 2.24) is 30.3 Å². The largest absolute Gasteiger partial charge is 0.470 e. The molecule has 5 rings (SSSR count). The second-order valence-electron chi connectivity index (χ2n) is 8.14. The Bertz CT molecular complexity index is 1300. The molecule has 2 N–H and O–H groups in total. The molecule has 1 amide bonds. The van der Waals surface area contributed by atoms with E-state index in [0.29, 0.717) is 40.3 Å². The predicted molar refractivity (Wildman–Crippen MR) is 121 cm³/mol. The lowest BCUT2D eigenvalue weighted by Gasteiger charge is -2.26. The molecule has 1 unspecified atom stereocenters. The van der Waals surface area contributed by atoms with Crippen molar-refractivity contribution in [3.63, 3.8) is 0 Å². The lowest BCUT2D eigenvalue weighted by molar-refractivity contribution is 0.0922. The first-order valence-corrected chi connectivity index (χ1v) is 10.9. The number of aromatic nitrogens is 5. The van der Waals surface area contributed by atoms with Gasteiger partial charge in [-0.15, -0.1) is 15.3 Å². The highest BCUT2D eigenvalue weighted by Crippen LogP contribution is 2.36. The van der Waals surface area contributed by atoms with Gasteiger partial charge in [0, 0.05) is 23.9 Å². The van der Waals surface area contributed by atoms with Crippen LogP contribution in [0.15, 0.2) is 57.8 Å². The number of fused-ring (bicyclic) bond motifs is 3. The van der Waals surface area contributed by atoms with Crippen LogP contribution in [0.4, 0.5) is 0 Å². The van der Waals surface area contributed by atoms with E-state index in [9.17, 15) is 4.79 Å². The van der Waals surface area contributed by atoms with Gasteiger partial charge in [-0.25, -0.2) is 0 Å². The fourth-order valence-corrected chi connectivity index (χ4v) is 3.73. The molecule has 0 bridgehead atoms. The Morgan fingerprint density at radius 2 is 2.26 bits per heavy atom. The summed E-state index contributed by atoms with van der Waals surface area (Å²) in [5.41, 5.74) is 2.50. The van der Waals surface area contributed by atoms with E-state index in [2.05, 4.69) is 36.8 Å². The zero-order valence-electron chi connectivity index (χ0n) is 18.7. The summed E-state index contributed by atoms with van der Waals surface area (Å²) in [6.45, 7) is 3.56. The molecule has 0 fully saturated rings. The molecule has 2 atom stereocenters. The van der Waals surface area contributed by atoms with Crippen LogP contribution in [-0.2, 0) is 11.3 Å². The van der Waals surface area contributed by atoms with Crippen LogP contribution in [-0.4, -0.2) is 54.6 Å². The Labute approximate surface area is 194 Å². The fourth-order valence-electron chi connectivity index (χ4n) is 3.73. The van der Waals surface area contributed by atoms with Crippen molar-refractivity contribution in [2.45, 2.75) is 38.8 Å². The first kappa shape index (κ1) is 21.7. The third-order valence-electron chi connectivity index (χ3n) is 5.53. The summed E-state index contributed by atoms with van der Waals surface area (Å²) in [6.07, 6.45) is 8.23. The first-order valence-electron chi connectivity index (χ1n) is 10.9. The molecule has 0 saturated carbocycles. The van der Waals surface area contributed by atoms with Gasteiger partial charge >= 0.3 is 0 Å². The Kier molecular flexibility index (Phi) is 5.76. The van der Waals surface area contributed by atoms with Gasteiger partial charge in [0.1, 0.15) is 12.4 Å². The molecule has 1 aliphatic carbocycles. The van der Waals surface area contributed by atoms with Crippen LogP contribution in [0.1, 0.15) is 46.9 Å². The van der Waals surface area contributed by atoms with Crippen molar-refractivity contribution in [1.29, 1.82) is 0 Å². The lowest BCUT2D eigenvalue weighted by atomic mass is 9.90. The van der Waals surface area contributed by atoms with Crippen LogP contribution in [0.3, 0.4) is 0 Å². The minimum atomic E-state index is -0.334. The molecule has 1 aliphatic heterocycles. The van der Waals surface area contributed by atoms with Crippen LogP contribution < -0.4 is 5.32 Å². The summed E-state index contributed by atoms with van der Waals surface area (Å²) < 4.78 is 12.9. The minimum Gasteiger partial charge on any atom is -0.470 e. The van der Waals surface area contributed by atoms with Crippen molar-refractivity contribution in [3.05, 3.63) is 71.0 Å². The maximum Gasteiger partial charge on any atom is 0.253 e. The summed E-state index contributed by atoms with van der Waals surface area (Å²) >= 11 is 0. The van der Waals surface area contributed by atoms with Gasteiger partial charge in [-0.2, -0.15) is 4.68 Å². The highest BCUT2D eigenvalue weighted by atomic mass is 16.5. The average Bonchev–Trinajstić information content (AvgIpc) is 3.48. The Morgan fingerprint density at radius 3 is 3.00 bits per heavy atom. The third-order valence-corrected chi connectivity index (χ3v) is 5.53. The number of hydrogen-bond acceptors (Lipinski definition) is 9. The zero-order valence-corrected chi connectivity index (χ0v) is 18.7. The number of carbonyl (C=O) groups is 1.